The van der Waals surface area contributed by atoms with Crippen molar-refractivity contribution < 1.29 is 9.59 Å². The van der Waals surface area contributed by atoms with Crippen LogP contribution in [0.5, 0.6) is 0 Å². The largest absolute Gasteiger partial charge is 0.355 e. The molecule has 1 atom stereocenters. The van der Waals surface area contributed by atoms with Gasteiger partial charge in [-0.25, -0.2) is 0 Å². The van der Waals surface area contributed by atoms with E-state index in [0.29, 0.717) is 28.7 Å². The van der Waals surface area contributed by atoms with E-state index in [4.69, 9.17) is 23.2 Å². The molecule has 27 heavy (non-hydrogen) atoms. The highest BCUT2D eigenvalue weighted by molar-refractivity contribution is 6.35. The summed E-state index contributed by atoms with van der Waals surface area (Å²) in [7, 11) is 0. The van der Waals surface area contributed by atoms with Gasteiger partial charge in [-0.15, -0.1) is 0 Å². The lowest BCUT2D eigenvalue weighted by molar-refractivity contribution is -0.140. The lowest BCUT2D eigenvalue weighted by atomic mass is 10.1. The molecule has 0 aliphatic carbocycles. The first-order valence-corrected chi connectivity index (χ1v) is 9.64. The van der Waals surface area contributed by atoms with Crippen LogP contribution in [0.2, 0.25) is 10.0 Å². The number of nitrogens with zero attached hydrogens (tertiary/aromatic N) is 1. The summed E-state index contributed by atoms with van der Waals surface area (Å²) in [5.41, 5.74) is 2.76. The Bertz CT molecular complexity index is 824. The van der Waals surface area contributed by atoms with E-state index >= 15 is 0 Å². The second-order valence-corrected chi connectivity index (χ2v) is 7.27. The van der Waals surface area contributed by atoms with Crippen LogP contribution >= 0.6 is 23.2 Å². The molecule has 0 radical (unpaired) electrons. The van der Waals surface area contributed by atoms with E-state index in [2.05, 4.69) is 5.32 Å². The van der Waals surface area contributed by atoms with E-state index in [1.807, 2.05) is 38.1 Å². The van der Waals surface area contributed by atoms with Gasteiger partial charge in [0.2, 0.25) is 11.8 Å². The molecule has 0 aromatic heterocycles. The average molecular weight is 407 g/mol. The van der Waals surface area contributed by atoms with Crippen LogP contribution in [0.1, 0.15) is 30.5 Å². The number of hydrogen-bond acceptors (Lipinski definition) is 2. The number of likely N-dealkylation sites (N-methyl/N-ethyl adjacent to an activating group) is 1. The number of benzene rings is 2. The minimum absolute atomic E-state index is 0.103. The van der Waals surface area contributed by atoms with E-state index in [1.54, 1.807) is 30.0 Å². The number of carbonyl (C=O) groups is 2. The van der Waals surface area contributed by atoms with Crippen LogP contribution in [0.4, 0.5) is 0 Å². The molecule has 0 unspecified atom stereocenters. The first-order chi connectivity index (χ1) is 12.8. The molecule has 2 amide bonds. The summed E-state index contributed by atoms with van der Waals surface area (Å²) in [5.74, 6) is -0.345. The highest BCUT2D eigenvalue weighted by Crippen LogP contribution is 2.23. The summed E-state index contributed by atoms with van der Waals surface area (Å²) in [6, 6.07) is 12.3. The van der Waals surface area contributed by atoms with Crippen LogP contribution in [-0.4, -0.2) is 29.3 Å². The molecule has 0 heterocycles. The fourth-order valence-corrected chi connectivity index (χ4v) is 3.28. The van der Waals surface area contributed by atoms with Crippen LogP contribution in [0.3, 0.4) is 0 Å². The van der Waals surface area contributed by atoms with Gasteiger partial charge in [0.1, 0.15) is 6.04 Å². The number of carbonyl (C=O) groups excluding carboxylic acids is 2. The van der Waals surface area contributed by atoms with E-state index in [9.17, 15) is 9.59 Å². The summed E-state index contributed by atoms with van der Waals surface area (Å²) in [4.78, 5) is 27.0. The third-order valence-electron chi connectivity index (χ3n) is 4.48. The minimum atomic E-state index is -0.594. The van der Waals surface area contributed by atoms with Gasteiger partial charge in [0.15, 0.2) is 0 Å². The van der Waals surface area contributed by atoms with Crippen LogP contribution in [-0.2, 0) is 22.6 Å². The number of nitrogens with one attached hydrogen (secondary N) is 1. The molecule has 0 fully saturated rings. The zero-order chi connectivity index (χ0) is 20.0. The molecule has 2 aromatic rings. The van der Waals surface area contributed by atoms with Crippen LogP contribution < -0.4 is 5.32 Å². The molecule has 0 aliphatic rings. The molecule has 2 aromatic carbocycles. The molecule has 0 saturated carbocycles. The highest BCUT2D eigenvalue weighted by Gasteiger charge is 2.26. The van der Waals surface area contributed by atoms with Crippen molar-refractivity contribution in [2.75, 3.05) is 6.54 Å². The Morgan fingerprint density at radius 3 is 2.44 bits per heavy atom. The number of amides is 2. The molecule has 144 valence electrons. The minimum Gasteiger partial charge on any atom is -0.355 e. The first kappa shape index (κ1) is 21.3. The first-order valence-electron chi connectivity index (χ1n) is 8.89. The molecule has 4 nitrogen and oxygen atoms in total. The van der Waals surface area contributed by atoms with Gasteiger partial charge in [0.05, 0.1) is 6.42 Å². The van der Waals surface area contributed by atoms with Crippen molar-refractivity contribution in [3.63, 3.8) is 0 Å². The average Bonchev–Trinajstić information content (AvgIpc) is 2.63. The van der Waals surface area contributed by atoms with Gasteiger partial charge < -0.3 is 10.2 Å². The number of aryl methyl sites for hydroxylation is 1. The Morgan fingerprint density at radius 1 is 1.11 bits per heavy atom. The van der Waals surface area contributed by atoms with Gasteiger partial charge >= 0.3 is 0 Å². The van der Waals surface area contributed by atoms with Crippen molar-refractivity contribution in [2.24, 2.45) is 0 Å². The molecule has 0 saturated heterocycles. The fraction of sp³-hybridized carbons (Fsp3) is 0.333. The summed E-state index contributed by atoms with van der Waals surface area (Å²) in [6.45, 7) is 6.45. The predicted molar refractivity (Wildman–Crippen MR) is 110 cm³/mol. The van der Waals surface area contributed by atoms with Crippen LogP contribution in [0, 0.1) is 6.92 Å². The Balaban J connectivity index is 2.28. The maximum atomic E-state index is 13.1. The molecule has 0 aliphatic heterocycles. The Hall–Kier alpha value is -2.04. The molecule has 1 N–H and O–H groups in total. The number of rotatable bonds is 7. The summed E-state index contributed by atoms with van der Waals surface area (Å²) in [6.07, 6.45) is 0.103. The summed E-state index contributed by atoms with van der Waals surface area (Å²) < 4.78 is 0. The van der Waals surface area contributed by atoms with Crippen LogP contribution in [0.25, 0.3) is 0 Å². The lowest BCUT2D eigenvalue weighted by Crippen LogP contribution is -2.48. The number of halogens is 2. The second-order valence-electron chi connectivity index (χ2n) is 6.43. The van der Waals surface area contributed by atoms with E-state index in [0.717, 1.165) is 11.1 Å². The normalized spacial score (nSPS) is 11.7. The third kappa shape index (κ3) is 5.72. The van der Waals surface area contributed by atoms with Gasteiger partial charge in [-0.05, 0) is 49.6 Å². The molecular weight excluding hydrogens is 383 g/mol. The molecule has 0 spiro atoms. The zero-order valence-corrected chi connectivity index (χ0v) is 17.3. The van der Waals surface area contributed by atoms with Crippen LogP contribution in [0.15, 0.2) is 42.5 Å². The van der Waals surface area contributed by atoms with E-state index < -0.39 is 6.04 Å². The highest BCUT2D eigenvalue weighted by atomic mass is 35.5. The molecule has 2 rings (SSSR count). The maximum absolute atomic E-state index is 13.1. The summed E-state index contributed by atoms with van der Waals surface area (Å²) >= 11 is 12.2. The quantitative estimate of drug-likeness (QED) is 0.740. The van der Waals surface area contributed by atoms with Gasteiger partial charge in [-0.3, -0.25) is 9.59 Å². The van der Waals surface area contributed by atoms with Gasteiger partial charge in [0, 0.05) is 23.1 Å². The second kappa shape index (κ2) is 9.77. The lowest BCUT2D eigenvalue weighted by Gasteiger charge is -2.29. The Morgan fingerprint density at radius 2 is 1.81 bits per heavy atom. The Labute approximate surface area is 170 Å². The third-order valence-corrected chi connectivity index (χ3v) is 5.06. The van der Waals surface area contributed by atoms with Crippen molar-refractivity contribution in [2.45, 2.75) is 39.8 Å². The van der Waals surface area contributed by atoms with E-state index in [-0.39, 0.29) is 18.2 Å². The van der Waals surface area contributed by atoms with Crippen molar-refractivity contribution >= 4 is 35.0 Å². The summed E-state index contributed by atoms with van der Waals surface area (Å²) in [5, 5.41) is 3.75. The van der Waals surface area contributed by atoms with Crippen molar-refractivity contribution in [3.8, 4) is 0 Å². The molecule has 0 bridgehead atoms. The SMILES string of the molecule is CCNC(=O)[C@@H](C)N(Cc1ccccc1C)C(=O)Cc1ccc(Cl)cc1Cl. The van der Waals surface area contributed by atoms with Gasteiger partial charge in [-0.2, -0.15) is 0 Å². The van der Waals surface area contributed by atoms with Gasteiger partial charge in [-0.1, -0.05) is 53.5 Å². The molecular formula is C21H24Cl2N2O2. The topological polar surface area (TPSA) is 49.4 Å². The molecule has 6 heteroatoms. The maximum Gasteiger partial charge on any atom is 0.242 e. The van der Waals surface area contributed by atoms with E-state index in [1.165, 1.54) is 0 Å². The van der Waals surface area contributed by atoms with Crippen molar-refractivity contribution in [3.05, 3.63) is 69.2 Å². The van der Waals surface area contributed by atoms with Crippen molar-refractivity contribution in [1.82, 2.24) is 10.2 Å². The zero-order valence-electron chi connectivity index (χ0n) is 15.8. The fourth-order valence-electron chi connectivity index (χ4n) is 2.81. The Kier molecular flexibility index (Phi) is 7.69. The number of hydrogen-bond donors (Lipinski definition) is 1. The predicted octanol–water partition coefficient (Wildman–Crippen LogP) is 4.40. The monoisotopic (exact) mass is 406 g/mol. The van der Waals surface area contributed by atoms with Gasteiger partial charge in [0.25, 0.3) is 0 Å². The van der Waals surface area contributed by atoms with Crippen molar-refractivity contribution in [1.29, 1.82) is 0 Å². The standard InChI is InChI=1S/C21H24Cl2N2O2/c1-4-24-21(27)15(3)25(13-17-8-6-5-7-14(17)2)20(26)11-16-9-10-18(22)12-19(16)23/h5-10,12,15H,4,11,13H2,1-3H3,(H,24,27)/t15-/m1/s1. The smallest absolute Gasteiger partial charge is 0.242 e.